The quantitative estimate of drug-likeness (QED) is 0.313. The molecule has 1 N–H and O–H groups in total. The predicted molar refractivity (Wildman–Crippen MR) is 156 cm³/mol. The van der Waals surface area contributed by atoms with Crippen molar-refractivity contribution in [2.75, 3.05) is 17.4 Å². The third-order valence-electron chi connectivity index (χ3n) is 6.51. The molecule has 7 nitrogen and oxygen atoms in total. The molecule has 0 saturated heterocycles. The van der Waals surface area contributed by atoms with E-state index >= 15 is 0 Å². The van der Waals surface area contributed by atoms with E-state index in [1.54, 1.807) is 18.2 Å². The van der Waals surface area contributed by atoms with Crippen LogP contribution in [-0.2, 0) is 26.2 Å². The SMILES string of the molecule is CCCNC(=O)[C@@H](CC)N(Cc1ccccc1C)C(=O)CN(c1cccc(C)c1)S(=O)(=O)c1ccc(Cl)cc1. The highest BCUT2D eigenvalue weighted by Crippen LogP contribution is 2.26. The van der Waals surface area contributed by atoms with Crippen molar-refractivity contribution in [3.63, 3.8) is 0 Å². The number of carbonyl (C=O) groups excluding carboxylic acids is 2. The Bertz CT molecular complexity index is 1390. The summed E-state index contributed by atoms with van der Waals surface area (Å²) in [6.45, 7) is 7.79. The molecule has 2 amide bonds. The summed E-state index contributed by atoms with van der Waals surface area (Å²) in [4.78, 5) is 28.7. The van der Waals surface area contributed by atoms with Gasteiger partial charge in [-0.2, -0.15) is 0 Å². The van der Waals surface area contributed by atoms with Crippen LogP contribution in [0.25, 0.3) is 0 Å². The summed E-state index contributed by atoms with van der Waals surface area (Å²) >= 11 is 6.00. The Morgan fingerprint density at radius 2 is 1.64 bits per heavy atom. The topological polar surface area (TPSA) is 86.8 Å². The monoisotopic (exact) mass is 569 g/mol. The highest BCUT2D eigenvalue weighted by atomic mass is 35.5. The van der Waals surface area contributed by atoms with Crippen molar-refractivity contribution < 1.29 is 18.0 Å². The average molecular weight is 570 g/mol. The van der Waals surface area contributed by atoms with Gasteiger partial charge in [0.05, 0.1) is 10.6 Å². The van der Waals surface area contributed by atoms with Crippen molar-refractivity contribution in [1.29, 1.82) is 0 Å². The van der Waals surface area contributed by atoms with Crippen LogP contribution in [0.1, 0.15) is 43.4 Å². The van der Waals surface area contributed by atoms with E-state index in [2.05, 4.69) is 5.32 Å². The normalized spacial score (nSPS) is 12.0. The zero-order valence-corrected chi connectivity index (χ0v) is 24.4. The molecule has 0 aliphatic rings. The minimum atomic E-state index is -4.14. The van der Waals surface area contributed by atoms with Crippen LogP contribution in [0.15, 0.2) is 77.7 Å². The zero-order chi connectivity index (χ0) is 28.6. The van der Waals surface area contributed by atoms with Crippen molar-refractivity contribution in [2.45, 2.75) is 58.0 Å². The van der Waals surface area contributed by atoms with Crippen LogP contribution in [0.3, 0.4) is 0 Å². The Morgan fingerprint density at radius 1 is 0.949 bits per heavy atom. The number of rotatable bonds is 12. The zero-order valence-electron chi connectivity index (χ0n) is 22.9. The van der Waals surface area contributed by atoms with Crippen LogP contribution < -0.4 is 9.62 Å². The lowest BCUT2D eigenvalue weighted by atomic mass is 10.1. The maximum Gasteiger partial charge on any atom is 0.264 e. The van der Waals surface area contributed by atoms with Crippen LogP contribution in [-0.4, -0.2) is 44.3 Å². The molecular weight excluding hydrogens is 534 g/mol. The second-order valence-electron chi connectivity index (χ2n) is 9.47. The van der Waals surface area contributed by atoms with E-state index in [1.807, 2.05) is 58.0 Å². The second-order valence-corrected chi connectivity index (χ2v) is 11.8. The van der Waals surface area contributed by atoms with Crippen LogP contribution in [0.4, 0.5) is 5.69 Å². The largest absolute Gasteiger partial charge is 0.354 e. The number of carbonyl (C=O) groups is 2. The molecule has 1 atom stereocenters. The van der Waals surface area contributed by atoms with E-state index < -0.39 is 28.5 Å². The molecule has 9 heteroatoms. The Balaban J connectivity index is 2.06. The maximum atomic E-state index is 14.1. The van der Waals surface area contributed by atoms with E-state index in [9.17, 15) is 18.0 Å². The fraction of sp³-hybridized carbons (Fsp3) is 0.333. The highest BCUT2D eigenvalue weighted by molar-refractivity contribution is 7.92. The number of hydrogen-bond acceptors (Lipinski definition) is 4. The van der Waals surface area contributed by atoms with Crippen molar-refractivity contribution in [3.8, 4) is 0 Å². The Kier molecular flexibility index (Phi) is 10.5. The van der Waals surface area contributed by atoms with E-state index in [4.69, 9.17) is 11.6 Å². The van der Waals surface area contributed by atoms with E-state index in [-0.39, 0.29) is 17.3 Å². The number of benzene rings is 3. The molecule has 0 aliphatic carbocycles. The van der Waals surface area contributed by atoms with E-state index in [0.29, 0.717) is 23.7 Å². The molecule has 0 saturated carbocycles. The molecule has 0 bridgehead atoms. The molecule has 0 heterocycles. The summed E-state index contributed by atoms with van der Waals surface area (Å²) < 4.78 is 28.9. The summed E-state index contributed by atoms with van der Waals surface area (Å²) in [6, 6.07) is 19.7. The van der Waals surface area contributed by atoms with Crippen LogP contribution >= 0.6 is 11.6 Å². The summed E-state index contributed by atoms with van der Waals surface area (Å²) in [7, 11) is -4.14. The lowest BCUT2D eigenvalue weighted by molar-refractivity contribution is -0.140. The fourth-order valence-electron chi connectivity index (χ4n) is 4.30. The number of aryl methyl sites for hydroxylation is 2. The van der Waals surface area contributed by atoms with Gasteiger partial charge in [-0.3, -0.25) is 13.9 Å². The summed E-state index contributed by atoms with van der Waals surface area (Å²) in [6.07, 6.45) is 1.13. The number of anilines is 1. The number of sulfonamides is 1. The first-order valence-electron chi connectivity index (χ1n) is 13.0. The summed E-state index contributed by atoms with van der Waals surface area (Å²) in [5.41, 5.74) is 3.06. The van der Waals surface area contributed by atoms with Crippen LogP contribution in [0, 0.1) is 13.8 Å². The molecule has 3 aromatic rings. The van der Waals surface area contributed by atoms with E-state index in [0.717, 1.165) is 27.4 Å². The smallest absolute Gasteiger partial charge is 0.264 e. The molecule has 0 radical (unpaired) electrons. The number of nitrogens with zero attached hydrogens (tertiary/aromatic N) is 2. The Labute approximate surface area is 236 Å². The number of nitrogens with one attached hydrogen (secondary N) is 1. The van der Waals surface area contributed by atoms with Gasteiger partial charge in [-0.25, -0.2) is 8.42 Å². The van der Waals surface area contributed by atoms with Gasteiger partial charge in [-0.05, 0) is 79.8 Å². The third-order valence-corrected chi connectivity index (χ3v) is 8.55. The van der Waals surface area contributed by atoms with Gasteiger partial charge in [0, 0.05) is 18.1 Å². The molecule has 0 aliphatic heterocycles. The van der Waals surface area contributed by atoms with Crippen molar-refractivity contribution in [1.82, 2.24) is 10.2 Å². The Hall–Kier alpha value is -3.36. The Morgan fingerprint density at radius 3 is 2.26 bits per heavy atom. The molecule has 0 aromatic heterocycles. The highest BCUT2D eigenvalue weighted by Gasteiger charge is 2.33. The van der Waals surface area contributed by atoms with Gasteiger partial charge in [0.25, 0.3) is 10.0 Å². The van der Waals surface area contributed by atoms with Crippen molar-refractivity contribution in [2.24, 2.45) is 0 Å². The van der Waals surface area contributed by atoms with Gasteiger partial charge in [0.2, 0.25) is 11.8 Å². The standard InChI is InChI=1S/C30H36ClN3O4S/c1-5-18-32-30(36)28(6-2)33(20-24-12-8-7-11-23(24)4)29(35)21-34(26-13-9-10-22(3)19-26)39(37,38)27-16-14-25(31)15-17-27/h7-17,19,28H,5-6,18,20-21H2,1-4H3,(H,32,36)/t28-/m1/s1. The average Bonchev–Trinajstić information content (AvgIpc) is 2.91. The molecule has 3 aromatic carbocycles. The number of halogens is 1. The van der Waals surface area contributed by atoms with Gasteiger partial charge in [-0.1, -0.05) is 61.8 Å². The van der Waals surface area contributed by atoms with Crippen molar-refractivity contribution in [3.05, 3.63) is 94.5 Å². The van der Waals surface area contributed by atoms with Crippen molar-refractivity contribution >= 4 is 39.1 Å². The van der Waals surface area contributed by atoms with Gasteiger partial charge in [-0.15, -0.1) is 0 Å². The minimum absolute atomic E-state index is 0.0133. The molecular formula is C30H36ClN3O4S. The number of hydrogen-bond donors (Lipinski definition) is 1. The lowest BCUT2D eigenvalue weighted by Gasteiger charge is -2.33. The molecule has 0 spiro atoms. The molecule has 39 heavy (non-hydrogen) atoms. The van der Waals surface area contributed by atoms with Gasteiger partial charge in [0.1, 0.15) is 12.6 Å². The number of amides is 2. The minimum Gasteiger partial charge on any atom is -0.354 e. The molecule has 0 fully saturated rings. The van der Waals surface area contributed by atoms with Crippen LogP contribution in [0.2, 0.25) is 5.02 Å². The first-order chi connectivity index (χ1) is 18.6. The molecule has 208 valence electrons. The second kappa shape index (κ2) is 13.6. The first kappa shape index (κ1) is 30.2. The predicted octanol–water partition coefficient (Wildman–Crippen LogP) is 5.49. The van der Waals surface area contributed by atoms with Gasteiger partial charge in [0.15, 0.2) is 0 Å². The summed E-state index contributed by atoms with van der Waals surface area (Å²) in [5.74, 6) is -0.736. The fourth-order valence-corrected chi connectivity index (χ4v) is 5.83. The van der Waals surface area contributed by atoms with Gasteiger partial charge < -0.3 is 10.2 Å². The molecule has 3 rings (SSSR count). The maximum absolute atomic E-state index is 14.1. The summed E-state index contributed by atoms with van der Waals surface area (Å²) in [5, 5.41) is 3.30. The lowest BCUT2D eigenvalue weighted by Crippen LogP contribution is -2.52. The third kappa shape index (κ3) is 7.61. The van der Waals surface area contributed by atoms with Crippen LogP contribution in [0.5, 0.6) is 0 Å². The van der Waals surface area contributed by atoms with Gasteiger partial charge >= 0.3 is 0 Å². The molecule has 0 unspecified atom stereocenters. The van der Waals surface area contributed by atoms with E-state index in [1.165, 1.54) is 29.2 Å². The first-order valence-corrected chi connectivity index (χ1v) is 14.9.